The molecule has 7 heteroatoms. The molecule has 1 aromatic carbocycles. The molecule has 1 aromatic rings. The molecule has 1 aliphatic rings. The average Bonchev–Trinajstić information content (AvgIpc) is 2.60. The summed E-state index contributed by atoms with van der Waals surface area (Å²) in [5.41, 5.74) is -0.692. The van der Waals surface area contributed by atoms with Crippen LogP contribution in [-0.2, 0) is 10.0 Å². The van der Waals surface area contributed by atoms with E-state index in [1.807, 2.05) is 0 Å². The van der Waals surface area contributed by atoms with Gasteiger partial charge in [0.25, 0.3) is 5.91 Å². The van der Waals surface area contributed by atoms with E-state index in [0.29, 0.717) is 0 Å². The summed E-state index contributed by atoms with van der Waals surface area (Å²) in [5.74, 6) is -0.202. The van der Waals surface area contributed by atoms with E-state index in [0.717, 1.165) is 25.7 Å². The fraction of sp³-hybridized carbons (Fsp3) is 0.611. The number of benzene rings is 1. The van der Waals surface area contributed by atoms with Crippen molar-refractivity contribution in [1.82, 2.24) is 10.0 Å². The van der Waals surface area contributed by atoms with Crippen LogP contribution in [0.1, 0.15) is 56.3 Å². The van der Waals surface area contributed by atoms with E-state index in [1.165, 1.54) is 18.6 Å². The summed E-state index contributed by atoms with van der Waals surface area (Å²) in [6.45, 7) is 3.89. The van der Waals surface area contributed by atoms with Gasteiger partial charge in [-0.3, -0.25) is 4.79 Å². The minimum Gasteiger partial charge on any atom is -0.388 e. The third kappa shape index (κ3) is 5.26. The molecular formula is C18H28N2O4S. The summed E-state index contributed by atoms with van der Waals surface area (Å²) in [5, 5.41) is 13.4. The maximum absolute atomic E-state index is 12.4. The van der Waals surface area contributed by atoms with Crippen LogP contribution in [0.2, 0.25) is 0 Å². The van der Waals surface area contributed by atoms with Crippen molar-refractivity contribution < 1.29 is 18.3 Å². The van der Waals surface area contributed by atoms with Gasteiger partial charge in [0.05, 0.1) is 10.5 Å². The largest absolute Gasteiger partial charge is 0.388 e. The number of carbonyl (C=O) groups is 1. The van der Waals surface area contributed by atoms with Crippen LogP contribution >= 0.6 is 0 Å². The smallest absolute Gasteiger partial charge is 0.251 e. The molecule has 0 saturated heterocycles. The zero-order valence-electron chi connectivity index (χ0n) is 14.9. The summed E-state index contributed by atoms with van der Waals surface area (Å²) in [6, 6.07) is 5.91. The minimum atomic E-state index is -3.61. The van der Waals surface area contributed by atoms with E-state index in [9.17, 15) is 18.3 Å². The molecule has 1 saturated carbocycles. The first-order chi connectivity index (χ1) is 11.8. The van der Waals surface area contributed by atoms with Crippen LogP contribution in [0.4, 0.5) is 0 Å². The Morgan fingerprint density at radius 1 is 1.28 bits per heavy atom. The summed E-state index contributed by atoms with van der Waals surface area (Å²) in [4.78, 5) is 12.4. The second kappa shape index (κ2) is 8.29. The normalized spacial score (nSPS) is 18.5. The highest BCUT2D eigenvalue weighted by molar-refractivity contribution is 7.89. The molecule has 1 amide bonds. The fourth-order valence-electron chi connectivity index (χ4n) is 3.31. The maximum atomic E-state index is 12.4. The van der Waals surface area contributed by atoms with Gasteiger partial charge in [-0.2, -0.15) is 0 Å². The zero-order chi connectivity index (χ0) is 18.5. The summed E-state index contributed by atoms with van der Waals surface area (Å²) < 4.78 is 26.5. The van der Waals surface area contributed by atoms with Gasteiger partial charge in [-0.15, -0.1) is 0 Å². The van der Waals surface area contributed by atoms with E-state index in [4.69, 9.17) is 0 Å². The highest BCUT2D eigenvalue weighted by atomic mass is 32.2. The number of sulfonamides is 1. The van der Waals surface area contributed by atoms with E-state index in [1.54, 1.807) is 26.0 Å². The van der Waals surface area contributed by atoms with Crippen molar-refractivity contribution in [3.05, 3.63) is 29.8 Å². The molecule has 1 aliphatic carbocycles. The summed E-state index contributed by atoms with van der Waals surface area (Å²) >= 11 is 0. The molecule has 1 fully saturated rings. The number of hydrogen-bond acceptors (Lipinski definition) is 4. The highest BCUT2D eigenvalue weighted by Crippen LogP contribution is 2.32. The molecule has 0 aliphatic heterocycles. The van der Waals surface area contributed by atoms with E-state index in [-0.39, 0.29) is 35.4 Å². The van der Waals surface area contributed by atoms with Gasteiger partial charge in [0.15, 0.2) is 0 Å². The molecule has 3 N–H and O–H groups in total. The van der Waals surface area contributed by atoms with Gasteiger partial charge < -0.3 is 10.4 Å². The Kier molecular flexibility index (Phi) is 6.59. The van der Waals surface area contributed by atoms with Gasteiger partial charge in [0.2, 0.25) is 10.0 Å². The van der Waals surface area contributed by atoms with Crippen molar-refractivity contribution in [2.75, 3.05) is 13.1 Å². The predicted molar refractivity (Wildman–Crippen MR) is 96.8 cm³/mol. The Labute approximate surface area is 150 Å². The Balaban J connectivity index is 2.03. The number of carbonyl (C=O) groups excluding carboxylic acids is 1. The molecule has 0 radical (unpaired) electrons. The summed E-state index contributed by atoms with van der Waals surface area (Å²) in [6.07, 6.45) is 5.36. The van der Waals surface area contributed by atoms with E-state index >= 15 is 0 Å². The Morgan fingerprint density at radius 2 is 1.96 bits per heavy atom. The van der Waals surface area contributed by atoms with Gasteiger partial charge in [-0.05, 0) is 43.9 Å². The monoisotopic (exact) mass is 368 g/mol. The van der Waals surface area contributed by atoms with Crippen LogP contribution in [0, 0.1) is 5.92 Å². The van der Waals surface area contributed by atoms with Crippen LogP contribution in [0.25, 0.3) is 0 Å². The van der Waals surface area contributed by atoms with Crippen LogP contribution in [-0.4, -0.2) is 38.1 Å². The van der Waals surface area contributed by atoms with Crippen molar-refractivity contribution in [3.8, 4) is 0 Å². The van der Waals surface area contributed by atoms with Crippen LogP contribution in [0.15, 0.2) is 29.2 Å². The molecule has 6 nitrogen and oxygen atoms in total. The van der Waals surface area contributed by atoms with E-state index in [2.05, 4.69) is 10.0 Å². The summed E-state index contributed by atoms with van der Waals surface area (Å²) in [7, 11) is -3.61. The van der Waals surface area contributed by atoms with Crippen molar-refractivity contribution in [2.24, 2.45) is 5.92 Å². The fourth-order valence-corrected chi connectivity index (χ4v) is 4.39. The van der Waals surface area contributed by atoms with Gasteiger partial charge in [0, 0.05) is 18.7 Å². The van der Waals surface area contributed by atoms with Crippen molar-refractivity contribution in [1.29, 1.82) is 0 Å². The lowest BCUT2D eigenvalue weighted by atomic mass is 9.78. The molecule has 140 valence electrons. The van der Waals surface area contributed by atoms with Gasteiger partial charge in [-0.25, -0.2) is 13.1 Å². The van der Waals surface area contributed by atoms with Crippen LogP contribution < -0.4 is 10.0 Å². The third-order valence-electron chi connectivity index (χ3n) is 4.83. The van der Waals surface area contributed by atoms with Gasteiger partial charge >= 0.3 is 0 Å². The van der Waals surface area contributed by atoms with Gasteiger partial charge in [-0.1, -0.05) is 32.3 Å². The quantitative estimate of drug-likeness (QED) is 0.686. The molecule has 0 heterocycles. The Bertz CT molecular complexity index is 695. The maximum Gasteiger partial charge on any atom is 0.251 e. The minimum absolute atomic E-state index is 0.0565. The second-order valence-corrected chi connectivity index (χ2v) is 8.67. The molecule has 0 unspecified atom stereocenters. The SMILES string of the molecule is CCNS(=O)(=O)c1cccc(C(=O)NC[C@@](C)(O)C2CCCCC2)c1. The first-order valence-corrected chi connectivity index (χ1v) is 10.3. The lowest BCUT2D eigenvalue weighted by molar-refractivity contribution is -0.0143. The first kappa shape index (κ1) is 19.9. The molecule has 25 heavy (non-hydrogen) atoms. The topological polar surface area (TPSA) is 95.5 Å². The van der Waals surface area contributed by atoms with Crippen molar-refractivity contribution >= 4 is 15.9 Å². The molecule has 0 aromatic heterocycles. The van der Waals surface area contributed by atoms with Crippen LogP contribution in [0.5, 0.6) is 0 Å². The standard InChI is InChI=1S/C18H28N2O4S/c1-3-20-25(23,24)16-11-7-8-14(12-16)17(21)19-13-18(2,22)15-9-5-4-6-10-15/h7-8,11-12,15,20,22H,3-6,9-10,13H2,1-2H3,(H,19,21)/t18-/m1/s1. The molecule has 1 atom stereocenters. The second-order valence-electron chi connectivity index (χ2n) is 6.90. The number of nitrogens with one attached hydrogen (secondary N) is 2. The third-order valence-corrected chi connectivity index (χ3v) is 6.38. The zero-order valence-corrected chi connectivity index (χ0v) is 15.7. The Hall–Kier alpha value is -1.44. The number of rotatable bonds is 7. The van der Waals surface area contributed by atoms with Gasteiger partial charge in [0.1, 0.15) is 0 Å². The first-order valence-electron chi connectivity index (χ1n) is 8.86. The highest BCUT2D eigenvalue weighted by Gasteiger charge is 2.33. The average molecular weight is 368 g/mol. The lowest BCUT2D eigenvalue weighted by Gasteiger charge is -2.35. The lowest BCUT2D eigenvalue weighted by Crippen LogP contribution is -2.46. The van der Waals surface area contributed by atoms with Crippen molar-refractivity contribution in [2.45, 2.75) is 56.4 Å². The number of amides is 1. The van der Waals surface area contributed by atoms with E-state index < -0.39 is 15.6 Å². The molecule has 0 spiro atoms. The molecule has 2 rings (SSSR count). The predicted octanol–water partition coefficient (Wildman–Crippen LogP) is 2.05. The molecular weight excluding hydrogens is 340 g/mol. The number of hydrogen-bond donors (Lipinski definition) is 3. The molecule has 0 bridgehead atoms. The van der Waals surface area contributed by atoms with Crippen LogP contribution in [0.3, 0.4) is 0 Å². The number of aliphatic hydroxyl groups is 1. The van der Waals surface area contributed by atoms with Crippen molar-refractivity contribution in [3.63, 3.8) is 0 Å². The Morgan fingerprint density at radius 3 is 2.60 bits per heavy atom.